The van der Waals surface area contributed by atoms with Gasteiger partial charge < -0.3 is 9.64 Å². The van der Waals surface area contributed by atoms with Gasteiger partial charge in [0.15, 0.2) is 5.69 Å². The van der Waals surface area contributed by atoms with Crippen molar-refractivity contribution in [3.05, 3.63) is 23.9 Å². The summed E-state index contributed by atoms with van der Waals surface area (Å²) in [6, 6.07) is 3.83. The second-order valence-corrected chi connectivity index (χ2v) is 2.21. The van der Waals surface area contributed by atoms with Crippen LogP contribution < -0.4 is 4.90 Å². The van der Waals surface area contributed by atoms with Gasteiger partial charge in [0.2, 0.25) is 0 Å². The summed E-state index contributed by atoms with van der Waals surface area (Å²) in [5.41, 5.74) is -0.168. The molecule has 0 unspecified atom stereocenters. The molecule has 0 spiro atoms. The summed E-state index contributed by atoms with van der Waals surface area (Å²) in [7, 11) is 1.14. The molecule has 0 bridgehead atoms. The molecule has 4 heteroatoms. The highest BCUT2D eigenvalue weighted by Crippen LogP contribution is 2.08. The minimum Gasteiger partial charge on any atom is -0.464 e. The molecule has 0 aliphatic heterocycles. The molecule has 0 saturated carbocycles. The number of aromatic nitrogens is 1. The number of carbonyl (C=O) groups excluding carboxylic acids is 1. The fraction of sp³-hybridized carbons (Fsp3) is 0.333. The molecule has 13 heavy (non-hydrogen) atoms. The fourth-order valence-electron chi connectivity index (χ4n) is 0.766. The molecule has 0 saturated heterocycles. The number of anilines is 1. The number of pyridine rings is 1. The molecule has 0 N–H and O–H groups in total. The lowest BCUT2D eigenvalue weighted by Crippen LogP contribution is -2.13. The van der Waals surface area contributed by atoms with E-state index < -0.39 is 19.9 Å². The highest BCUT2D eigenvalue weighted by molar-refractivity contribution is 5.87. The highest BCUT2D eigenvalue weighted by atomic mass is 16.5. The van der Waals surface area contributed by atoms with Crippen molar-refractivity contribution >= 4 is 11.8 Å². The van der Waals surface area contributed by atoms with E-state index in [1.165, 1.54) is 18.2 Å². The maximum atomic E-state index is 11.3. The van der Waals surface area contributed by atoms with Gasteiger partial charge in [-0.05, 0) is 12.1 Å². The van der Waals surface area contributed by atoms with Gasteiger partial charge in [-0.1, -0.05) is 6.07 Å². The molecule has 0 fully saturated rings. The van der Waals surface area contributed by atoms with E-state index in [2.05, 4.69) is 9.72 Å². The molecule has 0 aliphatic rings. The number of carbonyl (C=O) groups is 1. The van der Waals surface area contributed by atoms with Crippen molar-refractivity contribution in [2.45, 2.75) is 0 Å². The van der Waals surface area contributed by atoms with Crippen molar-refractivity contribution in [3.63, 3.8) is 0 Å². The Morgan fingerprint density at radius 2 is 2.38 bits per heavy atom. The van der Waals surface area contributed by atoms with Gasteiger partial charge in [-0.3, -0.25) is 0 Å². The van der Waals surface area contributed by atoms with Crippen LogP contribution >= 0.6 is 0 Å². The van der Waals surface area contributed by atoms with Crippen LogP contribution in [0.5, 0.6) is 0 Å². The Balaban J connectivity index is 3.29. The summed E-state index contributed by atoms with van der Waals surface area (Å²) >= 11 is 0. The zero-order valence-corrected chi connectivity index (χ0v) is 6.94. The summed E-state index contributed by atoms with van der Waals surface area (Å²) in [6.45, 7) is -5.82. The highest BCUT2D eigenvalue weighted by Gasteiger charge is 2.07. The number of nitrogens with zero attached hydrogens (tertiary/aromatic N) is 2. The molecular weight excluding hydrogens is 168 g/mol. The van der Waals surface area contributed by atoms with E-state index in [4.69, 9.17) is 8.22 Å². The molecule has 4 nitrogen and oxygen atoms in total. The van der Waals surface area contributed by atoms with E-state index in [-0.39, 0.29) is 16.4 Å². The monoisotopic (exact) mass is 186 g/mol. The molecule has 1 aromatic rings. The molecule has 0 radical (unpaired) electrons. The minimum absolute atomic E-state index is 0.168. The Kier molecular flexibility index (Phi) is 1.22. The van der Waals surface area contributed by atoms with Crippen LogP contribution in [0.4, 0.5) is 5.82 Å². The molecule has 0 aliphatic carbocycles. The summed E-state index contributed by atoms with van der Waals surface area (Å²) < 4.78 is 47.9. The van der Waals surface area contributed by atoms with Gasteiger partial charge in [0, 0.05) is 22.2 Å². The lowest BCUT2D eigenvalue weighted by atomic mass is 10.3. The Labute approximate surface area is 85.6 Å². The maximum Gasteiger partial charge on any atom is 0.356 e. The summed E-state index contributed by atoms with van der Waals surface area (Å²) in [4.78, 5) is 15.2. The standard InChI is InChI=1S/C9H12N2O2/c1-11(2)8-6-4-5-7(10-8)9(12)13-3/h4-6H,1-3H3/i1D3,2D3. The van der Waals surface area contributed by atoms with Crippen molar-refractivity contribution in [3.8, 4) is 0 Å². The molecule has 70 valence electrons. The van der Waals surface area contributed by atoms with Crippen molar-refractivity contribution < 1.29 is 17.8 Å². The van der Waals surface area contributed by atoms with E-state index in [1.54, 1.807) is 0 Å². The molecular formula is C9H12N2O2. The van der Waals surface area contributed by atoms with Crippen LogP contribution in [0.3, 0.4) is 0 Å². The Morgan fingerprint density at radius 3 is 3.00 bits per heavy atom. The van der Waals surface area contributed by atoms with Crippen LogP contribution in [0.1, 0.15) is 18.7 Å². The van der Waals surface area contributed by atoms with Crippen LogP contribution in [0.25, 0.3) is 0 Å². The summed E-state index contributed by atoms with van der Waals surface area (Å²) in [5, 5.41) is 0. The Bertz CT molecular complexity index is 457. The number of hydrogen-bond acceptors (Lipinski definition) is 4. The van der Waals surface area contributed by atoms with Crippen LogP contribution in [-0.2, 0) is 4.74 Å². The van der Waals surface area contributed by atoms with E-state index in [0.29, 0.717) is 0 Å². The van der Waals surface area contributed by atoms with Crippen LogP contribution in [0, 0.1) is 0 Å². The third kappa shape index (κ3) is 2.18. The number of hydrogen-bond donors (Lipinski definition) is 0. The lowest BCUT2D eigenvalue weighted by Gasteiger charge is -2.11. The van der Waals surface area contributed by atoms with Crippen molar-refractivity contribution in [2.75, 3.05) is 26.0 Å². The summed E-state index contributed by atoms with van der Waals surface area (Å²) in [5.74, 6) is -1.12. The zero-order chi connectivity index (χ0) is 14.8. The Hall–Kier alpha value is -1.58. The fourth-order valence-corrected chi connectivity index (χ4v) is 0.766. The Morgan fingerprint density at radius 1 is 1.62 bits per heavy atom. The zero-order valence-electron chi connectivity index (χ0n) is 12.9. The minimum atomic E-state index is -2.91. The SMILES string of the molecule is [2H]C([2H])([2H])N(c1cccc(C(=O)OC)n1)C([2H])([2H])[2H]. The predicted molar refractivity (Wildman–Crippen MR) is 49.9 cm³/mol. The molecule has 0 aromatic carbocycles. The second kappa shape index (κ2) is 3.89. The lowest BCUT2D eigenvalue weighted by molar-refractivity contribution is 0.0594. The van der Waals surface area contributed by atoms with Crippen LogP contribution in [0.15, 0.2) is 18.2 Å². The smallest absolute Gasteiger partial charge is 0.356 e. The second-order valence-electron chi connectivity index (χ2n) is 2.21. The average Bonchev–Trinajstić information content (AvgIpc) is 2.24. The molecule has 0 atom stereocenters. The number of esters is 1. The third-order valence-electron chi connectivity index (χ3n) is 1.36. The van der Waals surface area contributed by atoms with E-state index >= 15 is 0 Å². The van der Waals surface area contributed by atoms with Crippen molar-refractivity contribution in [1.29, 1.82) is 0 Å². The number of methoxy groups -OCH3 is 1. The molecule has 1 aromatic heterocycles. The first-order chi connectivity index (χ1) is 8.57. The van der Waals surface area contributed by atoms with Crippen LogP contribution in [0.2, 0.25) is 0 Å². The molecule has 1 rings (SSSR count). The number of rotatable bonds is 2. The topological polar surface area (TPSA) is 42.4 Å². The first-order valence-corrected chi connectivity index (χ1v) is 3.43. The maximum absolute atomic E-state index is 11.3. The average molecular weight is 186 g/mol. The van der Waals surface area contributed by atoms with Gasteiger partial charge in [0.25, 0.3) is 0 Å². The molecule has 0 amide bonds. The molecule has 1 heterocycles. The van der Waals surface area contributed by atoms with Gasteiger partial charge in [-0.25, -0.2) is 9.78 Å². The van der Waals surface area contributed by atoms with Gasteiger partial charge in [-0.2, -0.15) is 0 Å². The van der Waals surface area contributed by atoms with E-state index in [0.717, 1.165) is 7.11 Å². The first-order valence-electron chi connectivity index (χ1n) is 6.43. The van der Waals surface area contributed by atoms with Gasteiger partial charge in [-0.15, -0.1) is 0 Å². The number of ether oxygens (including phenoxy) is 1. The quantitative estimate of drug-likeness (QED) is 0.644. The van der Waals surface area contributed by atoms with Gasteiger partial charge in [0.05, 0.1) is 7.11 Å². The summed E-state index contributed by atoms with van der Waals surface area (Å²) in [6.07, 6.45) is 0. The normalized spacial score (nSPS) is 18.2. The van der Waals surface area contributed by atoms with Crippen LogP contribution in [-0.4, -0.2) is 32.0 Å². The van der Waals surface area contributed by atoms with E-state index in [1.807, 2.05) is 0 Å². The first kappa shape index (κ1) is 4.09. The van der Waals surface area contributed by atoms with Crippen molar-refractivity contribution in [2.24, 2.45) is 0 Å². The van der Waals surface area contributed by atoms with Gasteiger partial charge >= 0.3 is 5.97 Å². The third-order valence-corrected chi connectivity index (χ3v) is 1.36. The predicted octanol–water partition coefficient (Wildman–Crippen LogP) is 0.934. The largest absolute Gasteiger partial charge is 0.464 e. The van der Waals surface area contributed by atoms with Crippen molar-refractivity contribution in [1.82, 2.24) is 4.98 Å². The van der Waals surface area contributed by atoms with Gasteiger partial charge in [0.1, 0.15) is 5.82 Å². The van der Waals surface area contributed by atoms with E-state index in [9.17, 15) is 4.79 Å².